The number of thiol groups is 1. The van der Waals surface area contributed by atoms with Crippen molar-refractivity contribution in [2.24, 2.45) is 0 Å². The zero-order valence-electron chi connectivity index (χ0n) is 81.1. The predicted octanol–water partition coefficient (Wildman–Crippen LogP) is 24.4. The molecule has 3 aliphatic heterocycles. The third kappa shape index (κ3) is 60.5. The number of epoxide rings is 2. The maximum absolute atomic E-state index is 12.7. The summed E-state index contributed by atoms with van der Waals surface area (Å²) >= 11 is 14.0. The summed E-state index contributed by atoms with van der Waals surface area (Å²) in [7, 11) is 10.0. The number of hydrogen-bond acceptors (Lipinski definition) is 26. The molecule has 46 heteroatoms. The molecule has 3 heterocycles. The van der Waals surface area contributed by atoms with Gasteiger partial charge in [-0.05, 0) is 292 Å². The molecular formula is C103H126B3ClF15O23S4. The fourth-order valence-electron chi connectivity index (χ4n) is 11.2. The van der Waals surface area contributed by atoms with Crippen LogP contribution >= 0.6 is 59.5 Å². The first-order valence-electron chi connectivity index (χ1n) is 44.9. The number of ether oxygens (including phenoxy) is 16. The molecule has 3 aliphatic rings. The number of phenols is 1. The van der Waals surface area contributed by atoms with Crippen molar-refractivity contribution in [3.05, 3.63) is 244 Å². The van der Waals surface area contributed by atoms with Crippen LogP contribution in [0.1, 0.15) is 120 Å². The number of rotatable bonds is 41. The van der Waals surface area contributed by atoms with Gasteiger partial charge in [0.2, 0.25) is 0 Å². The molecule has 9 aromatic carbocycles. The number of carboxylic acids is 1. The second-order valence-corrected chi connectivity index (χ2v) is 34.5. The van der Waals surface area contributed by atoms with Gasteiger partial charge < -0.3 is 91.1 Å². The lowest BCUT2D eigenvalue weighted by atomic mass is 9.40. The number of phenolic OH excluding ortho intramolecular Hbond substituents is 1. The molecule has 23 nitrogen and oxygen atoms in total. The van der Waals surface area contributed by atoms with Gasteiger partial charge in [0.25, 0.3) is 0 Å². The summed E-state index contributed by atoms with van der Waals surface area (Å²) in [5.41, 5.74) is -0.136. The minimum atomic E-state index is -4.40. The van der Waals surface area contributed by atoms with Crippen LogP contribution in [0.2, 0.25) is 0 Å². The maximum atomic E-state index is 12.7. The number of hydrogen-bond donors (Lipinski definition) is 4. The summed E-state index contributed by atoms with van der Waals surface area (Å²) in [6.45, 7) is 21.9. The van der Waals surface area contributed by atoms with E-state index in [9.17, 15) is 90.1 Å². The lowest BCUT2D eigenvalue weighted by Crippen LogP contribution is -2.24. The minimum absolute atomic E-state index is 0. The van der Waals surface area contributed by atoms with Gasteiger partial charge in [0.15, 0.2) is 26.4 Å². The van der Waals surface area contributed by atoms with Crippen LogP contribution < -0.4 is 37.9 Å². The van der Waals surface area contributed by atoms with Gasteiger partial charge in [0.1, 0.15) is 96.5 Å². The number of aliphatic hydroxyl groups is 1. The van der Waals surface area contributed by atoms with E-state index in [-0.39, 0.29) is 97.7 Å². The number of carboxylic acid groups (broad SMARTS) is 1. The fourth-order valence-corrected chi connectivity index (χ4v) is 14.5. The number of benzene rings is 9. The van der Waals surface area contributed by atoms with Crippen molar-refractivity contribution < 1.29 is 176 Å². The Morgan fingerprint density at radius 1 is 0.409 bits per heavy atom. The van der Waals surface area contributed by atoms with Crippen LogP contribution in [0.3, 0.4) is 0 Å². The van der Waals surface area contributed by atoms with Gasteiger partial charge in [-0.25, -0.2) is 19.2 Å². The van der Waals surface area contributed by atoms with Crippen LogP contribution in [-0.2, 0) is 88.0 Å². The Morgan fingerprint density at radius 3 is 0.946 bits per heavy atom. The van der Waals surface area contributed by atoms with Gasteiger partial charge in [-0.2, -0.15) is 65.9 Å². The van der Waals surface area contributed by atoms with Gasteiger partial charge in [-0.1, -0.05) is 22.3 Å². The summed E-state index contributed by atoms with van der Waals surface area (Å²) < 4.78 is 269. The smallest absolute Gasteiger partial charge is 0.416 e. The van der Waals surface area contributed by atoms with Gasteiger partial charge in [0, 0.05) is 85.8 Å². The highest BCUT2D eigenvalue weighted by Crippen LogP contribution is 2.38. The Kier molecular flexibility index (Phi) is 67.0. The third-order valence-corrected chi connectivity index (χ3v) is 22.5. The number of halogens is 16. The van der Waals surface area contributed by atoms with Gasteiger partial charge >= 0.3 is 54.8 Å². The Morgan fingerprint density at radius 2 is 0.691 bits per heavy atom. The Balaban J connectivity index is 0.000000892. The second kappa shape index (κ2) is 73.0. The van der Waals surface area contributed by atoms with E-state index in [1.807, 2.05) is 90.1 Å². The summed E-state index contributed by atoms with van der Waals surface area (Å²) in [4.78, 5) is 48.1. The summed E-state index contributed by atoms with van der Waals surface area (Å²) in [6, 6.07) is 43.7. The molecule has 0 amide bonds. The number of aromatic hydroxyl groups is 1. The van der Waals surface area contributed by atoms with E-state index in [0.717, 1.165) is 142 Å². The molecule has 9 aromatic rings. The quantitative estimate of drug-likeness (QED) is 0.00405. The molecule has 0 aromatic heterocycles. The van der Waals surface area contributed by atoms with Crippen molar-refractivity contribution in [1.82, 2.24) is 0 Å². The monoisotopic (exact) mass is 2210 g/mol. The van der Waals surface area contributed by atoms with Crippen molar-refractivity contribution in [2.45, 2.75) is 178 Å². The highest BCUT2D eigenvalue weighted by Gasteiger charge is 2.35. The molecule has 0 spiro atoms. The maximum Gasteiger partial charge on any atom is 0.416 e. The molecule has 3 fully saturated rings. The molecule has 0 aliphatic carbocycles. The van der Waals surface area contributed by atoms with E-state index < -0.39 is 89.3 Å². The van der Waals surface area contributed by atoms with Crippen molar-refractivity contribution in [3.63, 3.8) is 0 Å². The van der Waals surface area contributed by atoms with E-state index in [2.05, 4.69) is 28.1 Å². The molecule has 3 saturated heterocycles. The number of carbonyl (C=O) groups is 4. The number of esters is 3. The first kappa shape index (κ1) is 137. The second-order valence-electron chi connectivity index (χ2n) is 30.4. The number of aliphatic hydroxyl groups excluding tert-OH is 1. The SMILES string of the molecule is C.C.C.C1CCOC1.CCOC(=O)COc1ccc(S)cc1C.CCOC(=O)COc1ccc(SCC(COc2ccc(C(F)(F)F)cc2)OCC)cc1C.CCOC(=O)COc1ccc(SCC(O)COc2ccc(C(F)(F)F)cc2)cc1C.CCOC(COc1ccc(C(F)(F)F)cc1)CSc1ccc(OCC(=O)O)c(C)c1.ClCC1CO1.FC(F)(F)c1ccc(OCC2CO2)cc1.Oc1ccc(C(F)(F)F)cc1.[B][B][B]. The van der Waals surface area contributed by atoms with Gasteiger partial charge in [0.05, 0.1) is 78.9 Å². The Bertz CT molecular complexity index is 5210. The zero-order chi connectivity index (χ0) is 108. The van der Waals surface area contributed by atoms with Crippen LogP contribution in [0, 0.1) is 27.7 Å². The van der Waals surface area contributed by atoms with Gasteiger partial charge in [-0.15, -0.1) is 59.5 Å². The average Bonchev–Trinajstić information content (AvgIpc) is 1.26. The molecular weight excluding hydrogens is 2090 g/mol. The van der Waals surface area contributed by atoms with Crippen LogP contribution in [0.4, 0.5) is 65.9 Å². The number of carbonyl (C=O) groups excluding carboxylic acids is 3. The summed E-state index contributed by atoms with van der Waals surface area (Å²) in [5, 5.41) is 27.4. The minimum Gasteiger partial charge on any atom is -0.508 e. The van der Waals surface area contributed by atoms with Crippen molar-refractivity contribution in [1.29, 1.82) is 0 Å². The molecule has 0 saturated carbocycles. The molecule has 3 N–H and O–H groups in total. The molecule has 5 atom stereocenters. The summed E-state index contributed by atoms with van der Waals surface area (Å²) in [6.07, 6.45) is -20.0. The zero-order valence-corrected chi connectivity index (χ0v) is 85.2. The molecule has 0 bridgehead atoms. The lowest BCUT2D eigenvalue weighted by molar-refractivity contribution is -0.146. The first-order chi connectivity index (χ1) is 69.1. The fraction of sp³-hybridized carbons (Fsp3) is 0.437. The van der Waals surface area contributed by atoms with Crippen LogP contribution in [-0.4, -0.2) is 228 Å². The van der Waals surface area contributed by atoms with Crippen LogP contribution in [0.15, 0.2) is 214 Å². The number of alkyl halides is 16. The van der Waals surface area contributed by atoms with E-state index in [0.29, 0.717) is 116 Å². The first-order valence-corrected chi connectivity index (χ1v) is 48.9. The van der Waals surface area contributed by atoms with Crippen molar-refractivity contribution >= 4 is 106 Å². The lowest BCUT2D eigenvalue weighted by Gasteiger charge is -2.18. The van der Waals surface area contributed by atoms with E-state index in [1.54, 1.807) is 56.8 Å². The van der Waals surface area contributed by atoms with E-state index in [1.165, 1.54) is 84.9 Å². The average molecular weight is 2210 g/mol. The van der Waals surface area contributed by atoms with Crippen LogP contribution in [0.25, 0.3) is 0 Å². The van der Waals surface area contributed by atoms with Crippen molar-refractivity contribution in [2.75, 3.05) is 135 Å². The molecule has 149 heavy (non-hydrogen) atoms. The van der Waals surface area contributed by atoms with Crippen molar-refractivity contribution in [3.8, 4) is 51.7 Å². The molecule has 5 radical (unpaired) electrons. The summed E-state index contributed by atoms with van der Waals surface area (Å²) in [5.74, 6) is 3.49. The number of aryl methyl sites for hydroxylation is 4. The predicted molar refractivity (Wildman–Crippen MR) is 549 cm³/mol. The Hall–Kier alpha value is -10.3. The number of aliphatic carboxylic acids is 1. The van der Waals surface area contributed by atoms with Crippen LogP contribution in [0.5, 0.6) is 51.7 Å². The molecule has 5 unspecified atom stereocenters. The van der Waals surface area contributed by atoms with Gasteiger partial charge in [-0.3, -0.25) is 0 Å². The number of thioether (sulfide) groups is 3. The topological polar surface area (TPSA) is 283 Å². The normalized spacial score (nSPS) is 13.5. The third-order valence-electron chi connectivity index (χ3n) is 18.5. The Labute approximate surface area is 886 Å². The molecule has 12 rings (SSSR count). The van der Waals surface area contributed by atoms with E-state index >= 15 is 0 Å². The largest absolute Gasteiger partial charge is 0.508 e. The highest BCUT2D eigenvalue weighted by atomic mass is 35.5. The highest BCUT2D eigenvalue weighted by molar-refractivity contribution is 7.99. The van der Waals surface area contributed by atoms with E-state index in [4.69, 9.17) is 97.6 Å². The standard InChI is InChI=1S/C23H27F3O5S.2C21H23F3O5S.C11H14O3S.C10H9F3O2.C7H5F3O.C4H8O.C3H5ClO.3CH4.B3/c1-4-28-19(13-30-18-8-6-17(7-9-18)23(24,25)26)15-32-20-10-11-21(16(3)12-20)31-14-22(27)29-5-2;1-3-27-20(26)12-29-19-9-8-18(10-14(19)2)30-13-16(25)11-28-17-6-4-15(5-7-17)21(22,23)24;1-3-27-17(11-28-16-6-4-15(5-7-16)21(22,23)24)13-30-18-8-9-19(14(2)10-18)29-12-20(25)26;1-3-13-11(12)7-14-10-5-4-9(15)6-8(10)2;11-10(12,13)7-1-3-8(4-2-7)14-5-9-6-15-9;8-7(9,10)5-1-3-6(11)4-2-5;1-2-4-5-3-1;4-1-3-2-5-3;;;;1-3-2/h6-12,19H,4-5,13-15H2,1-3H3;4-10,16,25H,3,11-13H2,1-2H3;4-10,17H,3,11-13H2,1-2H3,(H,25,26);4-6,15H,3,7H2,1-2H3;1-4,9H,5-6H2;1-4,11H;1-4H2;3H,1-2H2;3*1H4;. The molecule has 821 valence electrons.